The minimum Gasteiger partial charge on any atom is -0.454 e. The van der Waals surface area contributed by atoms with Crippen molar-refractivity contribution in [2.24, 2.45) is 10.5 Å². The number of hydrogen-bond donors (Lipinski definition) is 1. The Balaban J connectivity index is 1.71. The molecular formula is C14H14Br2N2O3. The van der Waals surface area contributed by atoms with Crippen molar-refractivity contribution >= 4 is 43.5 Å². The molecular weight excluding hydrogens is 404 g/mol. The van der Waals surface area contributed by atoms with Gasteiger partial charge in [0.15, 0.2) is 11.5 Å². The number of hydrazone groups is 1. The van der Waals surface area contributed by atoms with Gasteiger partial charge in [-0.15, -0.1) is 0 Å². The Morgan fingerprint density at radius 2 is 2.00 bits per heavy atom. The highest BCUT2D eigenvalue weighted by molar-refractivity contribution is 9.25. The lowest BCUT2D eigenvalue weighted by Gasteiger charge is -2.10. The number of nitrogens with one attached hydrogen (secondary N) is 1. The van der Waals surface area contributed by atoms with Crippen LogP contribution in [-0.4, -0.2) is 21.6 Å². The third-order valence-corrected chi connectivity index (χ3v) is 6.19. The van der Waals surface area contributed by atoms with Crippen LogP contribution in [0.3, 0.4) is 0 Å². The molecule has 3 rings (SSSR count). The highest BCUT2D eigenvalue weighted by atomic mass is 79.9. The molecule has 1 saturated carbocycles. The van der Waals surface area contributed by atoms with Crippen LogP contribution in [0, 0.1) is 5.41 Å². The van der Waals surface area contributed by atoms with Crippen molar-refractivity contribution in [1.82, 2.24) is 5.43 Å². The van der Waals surface area contributed by atoms with E-state index in [1.54, 1.807) is 0 Å². The van der Waals surface area contributed by atoms with Crippen molar-refractivity contribution in [3.63, 3.8) is 0 Å². The van der Waals surface area contributed by atoms with Crippen LogP contribution in [0.25, 0.3) is 0 Å². The molecule has 1 amide bonds. The first-order chi connectivity index (χ1) is 9.83. The smallest absolute Gasteiger partial charge is 0.248 e. The van der Waals surface area contributed by atoms with E-state index in [0.29, 0.717) is 11.5 Å². The number of halogens is 2. The Morgan fingerprint density at radius 3 is 2.67 bits per heavy atom. The highest BCUT2D eigenvalue weighted by Crippen LogP contribution is 2.66. The maximum absolute atomic E-state index is 12.1. The van der Waals surface area contributed by atoms with E-state index in [2.05, 4.69) is 42.4 Å². The molecule has 5 nitrogen and oxygen atoms in total. The minimum atomic E-state index is -0.480. The average molecular weight is 418 g/mol. The maximum atomic E-state index is 12.1. The summed E-state index contributed by atoms with van der Waals surface area (Å²) in [6.45, 7) is 3.96. The molecule has 1 atom stereocenters. The summed E-state index contributed by atoms with van der Waals surface area (Å²) >= 11 is 6.94. The van der Waals surface area contributed by atoms with Gasteiger partial charge in [0.1, 0.15) is 0 Å². The van der Waals surface area contributed by atoms with Crippen molar-refractivity contribution in [2.75, 3.05) is 6.79 Å². The number of ether oxygens (including phenoxy) is 2. The van der Waals surface area contributed by atoms with Gasteiger partial charge < -0.3 is 9.47 Å². The van der Waals surface area contributed by atoms with Gasteiger partial charge in [-0.2, -0.15) is 5.10 Å². The molecule has 0 aromatic heterocycles. The molecule has 21 heavy (non-hydrogen) atoms. The second-order valence-electron chi connectivity index (χ2n) is 5.42. The molecule has 1 fully saturated rings. The van der Waals surface area contributed by atoms with Crippen molar-refractivity contribution in [1.29, 1.82) is 0 Å². The van der Waals surface area contributed by atoms with E-state index in [9.17, 15) is 4.79 Å². The number of nitrogens with zero attached hydrogens (tertiary/aromatic N) is 1. The molecule has 0 spiro atoms. The molecule has 1 aromatic carbocycles. The Kier molecular flexibility index (Phi) is 3.52. The molecule has 1 aliphatic heterocycles. The van der Waals surface area contributed by atoms with E-state index in [-0.39, 0.29) is 15.9 Å². The second-order valence-corrected chi connectivity index (χ2v) is 9.19. The second kappa shape index (κ2) is 4.98. The summed E-state index contributed by atoms with van der Waals surface area (Å²) in [4.78, 5) is 12.1. The number of fused-ring (bicyclic) bond motifs is 1. The lowest BCUT2D eigenvalue weighted by atomic mass is 10.1. The SMILES string of the molecule is C/C(=N/NC(=O)[C@@]1(C)CC1(Br)Br)c1ccc2c(c1)OCO2. The number of carbonyl (C=O) groups is 1. The first kappa shape index (κ1) is 14.8. The first-order valence-corrected chi connectivity index (χ1v) is 8.05. The van der Waals surface area contributed by atoms with Gasteiger partial charge in [0.2, 0.25) is 12.7 Å². The lowest BCUT2D eigenvalue weighted by Crippen LogP contribution is -2.30. The summed E-state index contributed by atoms with van der Waals surface area (Å²) in [5, 5.41) is 4.17. The standard InChI is InChI=1S/C14H14Br2N2O3/c1-8(9-3-4-10-11(5-9)21-7-20-10)17-18-12(19)13(2)6-14(13,15)16/h3-5H,6-7H2,1-2H3,(H,18,19)/b17-8-/t13-/m1/s1. The number of amides is 1. The quantitative estimate of drug-likeness (QED) is 0.466. The predicted octanol–water partition coefficient (Wildman–Crippen LogP) is 3.15. The zero-order chi connectivity index (χ0) is 15.3. The summed E-state index contributed by atoms with van der Waals surface area (Å²) in [5.41, 5.74) is 3.73. The Labute approximate surface area is 139 Å². The van der Waals surface area contributed by atoms with Gasteiger partial charge in [-0.05, 0) is 38.5 Å². The van der Waals surface area contributed by atoms with Crippen LogP contribution in [0.1, 0.15) is 25.8 Å². The van der Waals surface area contributed by atoms with Crippen molar-refractivity contribution < 1.29 is 14.3 Å². The molecule has 7 heteroatoms. The summed E-state index contributed by atoms with van der Waals surface area (Å²) in [5.74, 6) is 1.31. The molecule has 0 saturated heterocycles. The summed E-state index contributed by atoms with van der Waals surface area (Å²) < 4.78 is 10.3. The third-order valence-electron chi connectivity index (χ3n) is 3.87. The fraction of sp³-hybridized carbons (Fsp3) is 0.429. The fourth-order valence-electron chi connectivity index (χ4n) is 2.09. The van der Waals surface area contributed by atoms with Gasteiger partial charge in [-0.25, -0.2) is 5.43 Å². The van der Waals surface area contributed by atoms with Crippen LogP contribution in [0.4, 0.5) is 0 Å². The van der Waals surface area contributed by atoms with Gasteiger partial charge >= 0.3 is 0 Å². The van der Waals surface area contributed by atoms with E-state index in [1.807, 2.05) is 32.0 Å². The van der Waals surface area contributed by atoms with Gasteiger partial charge in [-0.1, -0.05) is 31.9 Å². The molecule has 112 valence electrons. The predicted molar refractivity (Wildman–Crippen MR) is 86.2 cm³/mol. The molecule has 1 aliphatic carbocycles. The zero-order valence-electron chi connectivity index (χ0n) is 11.6. The first-order valence-electron chi connectivity index (χ1n) is 6.46. The Hall–Kier alpha value is -1.08. The van der Waals surface area contributed by atoms with Gasteiger partial charge in [-0.3, -0.25) is 4.79 Å². The molecule has 0 bridgehead atoms. The molecule has 0 unspecified atom stereocenters. The Morgan fingerprint density at radius 1 is 1.33 bits per heavy atom. The van der Waals surface area contributed by atoms with E-state index >= 15 is 0 Å². The number of alkyl halides is 2. The van der Waals surface area contributed by atoms with E-state index < -0.39 is 5.41 Å². The largest absolute Gasteiger partial charge is 0.454 e. The maximum Gasteiger partial charge on any atom is 0.248 e. The molecule has 0 radical (unpaired) electrons. The van der Waals surface area contributed by atoms with Gasteiger partial charge in [0.25, 0.3) is 0 Å². The summed E-state index contributed by atoms with van der Waals surface area (Å²) in [7, 11) is 0. The normalized spacial score (nSPS) is 25.6. The molecule has 2 aliphatic rings. The van der Waals surface area contributed by atoms with Crippen LogP contribution in [-0.2, 0) is 4.79 Å². The number of rotatable bonds is 3. The van der Waals surface area contributed by atoms with E-state index in [1.165, 1.54) is 0 Å². The highest BCUT2D eigenvalue weighted by Gasteiger charge is 2.66. The Bertz CT molecular complexity index is 645. The monoisotopic (exact) mass is 416 g/mol. The van der Waals surface area contributed by atoms with Crippen molar-refractivity contribution in [2.45, 2.75) is 23.5 Å². The van der Waals surface area contributed by atoms with Gasteiger partial charge in [0.05, 0.1) is 14.4 Å². The summed E-state index contributed by atoms with van der Waals surface area (Å²) in [6.07, 6.45) is 0.727. The van der Waals surface area contributed by atoms with Crippen LogP contribution >= 0.6 is 31.9 Å². The average Bonchev–Trinajstić information content (AvgIpc) is 2.79. The topological polar surface area (TPSA) is 59.9 Å². The van der Waals surface area contributed by atoms with Crippen LogP contribution in [0.15, 0.2) is 23.3 Å². The molecule has 1 heterocycles. The number of benzene rings is 1. The number of hydrogen-bond acceptors (Lipinski definition) is 4. The van der Waals surface area contributed by atoms with Gasteiger partial charge in [0, 0.05) is 5.56 Å². The summed E-state index contributed by atoms with van der Waals surface area (Å²) in [6, 6.07) is 5.57. The zero-order valence-corrected chi connectivity index (χ0v) is 14.7. The van der Waals surface area contributed by atoms with E-state index in [0.717, 1.165) is 17.7 Å². The van der Waals surface area contributed by atoms with Crippen molar-refractivity contribution in [3.05, 3.63) is 23.8 Å². The van der Waals surface area contributed by atoms with Crippen LogP contribution in [0.2, 0.25) is 0 Å². The lowest BCUT2D eigenvalue weighted by molar-refractivity contribution is -0.125. The van der Waals surface area contributed by atoms with Crippen LogP contribution in [0.5, 0.6) is 11.5 Å². The number of carbonyl (C=O) groups excluding carboxylic acids is 1. The van der Waals surface area contributed by atoms with Crippen LogP contribution < -0.4 is 14.9 Å². The fourth-order valence-corrected chi connectivity index (χ4v) is 3.57. The van der Waals surface area contributed by atoms with E-state index in [4.69, 9.17) is 9.47 Å². The van der Waals surface area contributed by atoms with Crippen molar-refractivity contribution in [3.8, 4) is 11.5 Å². The molecule has 1 aromatic rings. The minimum absolute atomic E-state index is 0.114. The third kappa shape index (κ3) is 2.57. The molecule has 1 N–H and O–H groups in total.